The third-order valence-electron chi connectivity index (χ3n) is 0.632. The van der Waals surface area contributed by atoms with Gasteiger partial charge in [0.1, 0.15) is 0 Å². The van der Waals surface area contributed by atoms with Crippen LogP contribution >= 0.6 is 0 Å². The van der Waals surface area contributed by atoms with E-state index in [9.17, 15) is 19.8 Å². The van der Waals surface area contributed by atoms with Crippen LogP contribution in [0.2, 0.25) is 0 Å². The molecule has 7 heteroatoms. The second-order valence-corrected chi connectivity index (χ2v) is 1.69. The van der Waals surface area contributed by atoms with Crippen molar-refractivity contribution in [3.05, 3.63) is 0 Å². The molecule has 13 heavy (non-hydrogen) atoms. The van der Waals surface area contributed by atoms with Crippen molar-refractivity contribution in [2.75, 3.05) is 13.2 Å². The molecule has 0 fully saturated rings. The number of hydrogen-bond donors (Lipinski definition) is 2. The average Bonchev–Trinajstić information content (AvgIpc) is 1.87. The largest absolute Gasteiger partial charge is 2.00 e. The van der Waals surface area contributed by atoms with Crippen LogP contribution in [0.25, 0.3) is 0 Å². The van der Waals surface area contributed by atoms with Crippen molar-refractivity contribution in [2.45, 2.75) is 12.8 Å². The number of hydrogen-bond acceptors (Lipinski definition) is 6. The van der Waals surface area contributed by atoms with Crippen LogP contribution < -0.4 is 10.2 Å². The fourth-order valence-electron chi connectivity index (χ4n) is 0.183. The Labute approximate surface area is 105 Å². The molecule has 0 unspecified atom stereocenters. The summed E-state index contributed by atoms with van der Waals surface area (Å²) in [5.41, 5.74) is 0. The molecule has 72 valence electrons. The van der Waals surface area contributed by atoms with Crippen molar-refractivity contribution < 1.29 is 30.0 Å². The first-order valence-corrected chi connectivity index (χ1v) is 3.16. The Morgan fingerprint density at radius 1 is 0.923 bits per heavy atom. The minimum atomic E-state index is -1.21. The molecule has 0 aliphatic rings. The van der Waals surface area contributed by atoms with E-state index in [-0.39, 0.29) is 63.8 Å². The smallest absolute Gasteiger partial charge is 0.550 e. The third-order valence-corrected chi connectivity index (χ3v) is 0.632. The van der Waals surface area contributed by atoms with Gasteiger partial charge in [0.05, 0.1) is 0 Å². The number of carbonyl (C=O) groups excluding carboxylic acids is 2. The van der Waals surface area contributed by atoms with E-state index in [0.717, 1.165) is 0 Å². The molecule has 2 N–H and O–H groups in total. The maximum Gasteiger partial charge on any atom is 2.00 e. The first-order chi connectivity index (χ1) is 5.54. The van der Waals surface area contributed by atoms with Crippen LogP contribution in [-0.4, -0.2) is 73.1 Å². The molecule has 6 nitrogen and oxygen atoms in total. The molecule has 0 saturated carbocycles. The van der Waals surface area contributed by atoms with E-state index in [2.05, 4.69) is 0 Å². The summed E-state index contributed by atoms with van der Waals surface area (Å²) >= 11 is 0. The zero-order chi connectivity index (χ0) is 9.98. The monoisotopic (exact) mass is 218 g/mol. The fraction of sp³-hybridized carbons (Fsp3) is 0.667. The summed E-state index contributed by atoms with van der Waals surface area (Å²) in [4.78, 5) is 18.7. The van der Waals surface area contributed by atoms with Gasteiger partial charge in [-0.3, -0.25) is 0 Å². The Balaban J connectivity index is -0.000000143. The van der Waals surface area contributed by atoms with Crippen LogP contribution in [0, 0.1) is 0 Å². The number of aliphatic hydroxyl groups is 2. The standard InChI is InChI=1S/2C3H6O3.Ca/c2*4-2-1-3(5)6;/h2*4H,1-2H2,(H,5,6);/q;;+2/p-2. The van der Waals surface area contributed by atoms with Crippen LogP contribution in [-0.2, 0) is 9.59 Å². The molecule has 0 saturated heterocycles. The van der Waals surface area contributed by atoms with Gasteiger partial charge < -0.3 is 30.0 Å². The second kappa shape index (κ2) is 14.6. The van der Waals surface area contributed by atoms with Crippen molar-refractivity contribution in [1.29, 1.82) is 0 Å². The van der Waals surface area contributed by atoms with Crippen LogP contribution in [0.4, 0.5) is 0 Å². The van der Waals surface area contributed by atoms with Crippen molar-refractivity contribution in [2.24, 2.45) is 0 Å². The van der Waals surface area contributed by atoms with E-state index >= 15 is 0 Å². The molecule has 0 aromatic rings. The summed E-state index contributed by atoms with van der Waals surface area (Å²) in [5.74, 6) is -2.42. The van der Waals surface area contributed by atoms with Crippen molar-refractivity contribution in [3.63, 3.8) is 0 Å². The third kappa shape index (κ3) is 33.1. The number of carboxylic acids is 2. The van der Waals surface area contributed by atoms with E-state index in [0.29, 0.717) is 0 Å². The van der Waals surface area contributed by atoms with E-state index in [1.54, 1.807) is 0 Å². The molecule has 0 spiro atoms. The van der Waals surface area contributed by atoms with Gasteiger partial charge >= 0.3 is 37.7 Å². The normalized spacial score (nSPS) is 7.54. The van der Waals surface area contributed by atoms with Crippen molar-refractivity contribution in [3.8, 4) is 0 Å². The molecule has 0 aliphatic heterocycles. The summed E-state index contributed by atoms with van der Waals surface area (Å²) < 4.78 is 0. The van der Waals surface area contributed by atoms with Gasteiger partial charge in [-0.15, -0.1) is 0 Å². The van der Waals surface area contributed by atoms with Gasteiger partial charge in [0.2, 0.25) is 0 Å². The molecule has 0 radical (unpaired) electrons. The molecule has 0 aromatic heterocycles. The van der Waals surface area contributed by atoms with Crippen LogP contribution in [0.1, 0.15) is 12.8 Å². The van der Waals surface area contributed by atoms with E-state index < -0.39 is 11.9 Å². The summed E-state index contributed by atoms with van der Waals surface area (Å²) in [6, 6.07) is 0. The van der Waals surface area contributed by atoms with Gasteiger partial charge in [-0.2, -0.15) is 0 Å². The summed E-state index contributed by atoms with van der Waals surface area (Å²) in [5, 5.41) is 34.3. The number of rotatable bonds is 4. The predicted octanol–water partition coefficient (Wildman–Crippen LogP) is -4.14. The fourth-order valence-corrected chi connectivity index (χ4v) is 0.183. The van der Waals surface area contributed by atoms with Gasteiger partial charge in [-0.1, -0.05) is 0 Å². The molecule has 0 rings (SSSR count). The molecule has 0 aromatic carbocycles. The predicted molar refractivity (Wildman–Crippen MR) is 39.2 cm³/mol. The molecule has 0 bridgehead atoms. The van der Waals surface area contributed by atoms with Crippen LogP contribution in [0.5, 0.6) is 0 Å². The van der Waals surface area contributed by atoms with Crippen LogP contribution in [0.15, 0.2) is 0 Å². The SMILES string of the molecule is O=C([O-])CCO.O=C([O-])CCO.[Ca+2]. The van der Waals surface area contributed by atoms with E-state index in [4.69, 9.17) is 10.2 Å². The first kappa shape index (κ1) is 18.8. The quantitative estimate of drug-likeness (QED) is 0.462. The van der Waals surface area contributed by atoms with Crippen molar-refractivity contribution in [1.82, 2.24) is 0 Å². The molecular weight excluding hydrogens is 208 g/mol. The molecule has 0 amide bonds. The van der Waals surface area contributed by atoms with Gasteiger partial charge in [0.25, 0.3) is 0 Å². The Morgan fingerprint density at radius 3 is 1.15 bits per heavy atom. The summed E-state index contributed by atoms with van der Waals surface area (Å²) in [6.45, 7) is -0.662. The van der Waals surface area contributed by atoms with Gasteiger partial charge in [-0.05, 0) is 0 Å². The number of aliphatic hydroxyl groups excluding tert-OH is 2. The Hall–Kier alpha value is 0.120. The number of carbonyl (C=O) groups is 2. The van der Waals surface area contributed by atoms with E-state index in [1.807, 2.05) is 0 Å². The van der Waals surface area contributed by atoms with Gasteiger partial charge in [0.15, 0.2) is 0 Å². The van der Waals surface area contributed by atoms with E-state index in [1.165, 1.54) is 0 Å². The minimum Gasteiger partial charge on any atom is -0.550 e. The Morgan fingerprint density at radius 2 is 1.15 bits per heavy atom. The molecular formula is C6H10CaO6. The molecule has 0 atom stereocenters. The molecule has 0 heterocycles. The maximum absolute atomic E-state index is 9.33. The van der Waals surface area contributed by atoms with Crippen LogP contribution in [0.3, 0.4) is 0 Å². The summed E-state index contributed by atoms with van der Waals surface area (Å²) in [7, 11) is 0. The minimum absolute atomic E-state index is 0. The number of carboxylic acid groups (broad SMARTS) is 2. The van der Waals surface area contributed by atoms with Gasteiger partial charge in [0, 0.05) is 38.0 Å². The van der Waals surface area contributed by atoms with Crippen molar-refractivity contribution >= 4 is 49.7 Å². The second-order valence-electron chi connectivity index (χ2n) is 1.69. The Bertz CT molecular complexity index is 121. The van der Waals surface area contributed by atoms with Gasteiger partial charge in [-0.25, -0.2) is 0 Å². The average molecular weight is 218 g/mol. The topological polar surface area (TPSA) is 121 Å². The maximum atomic E-state index is 9.33. The zero-order valence-corrected chi connectivity index (χ0v) is 9.27. The summed E-state index contributed by atoms with van der Waals surface area (Å²) in [6.07, 6.45) is -0.528. The zero-order valence-electron chi connectivity index (χ0n) is 7.06. The Kier molecular flexibility index (Phi) is 21.2. The molecule has 0 aliphatic carbocycles. The number of aliphatic carboxylic acids is 2. The first-order valence-electron chi connectivity index (χ1n) is 3.16.